The Labute approximate surface area is 111 Å². The van der Waals surface area contributed by atoms with Crippen molar-refractivity contribution in [2.45, 2.75) is 23.8 Å². The number of benzene rings is 1. The molecule has 7 heteroatoms. The van der Waals surface area contributed by atoms with E-state index in [1.807, 2.05) is 6.07 Å². The summed E-state index contributed by atoms with van der Waals surface area (Å²) in [6.07, 6.45) is 0.807. The lowest BCUT2D eigenvalue weighted by atomic mass is 10.1. The van der Waals surface area contributed by atoms with Crippen molar-refractivity contribution in [3.8, 4) is 6.07 Å². The van der Waals surface area contributed by atoms with Crippen molar-refractivity contribution in [3.05, 3.63) is 29.8 Å². The van der Waals surface area contributed by atoms with Gasteiger partial charge in [0.1, 0.15) is 0 Å². The topological polar surface area (TPSA) is 99.1 Å². The molecule has 1 aliphatic heterocycles. The molecule has 1 aromatic rings. The molecule has 0 spiro atoms. The number of piperidine rings is 1. The van der Waals surface area contributed by atoms with Crippen molar-refractivity contribution in [3.63, 3.8) is 0 Å². The average molecular weight is 279 g/mol. The van der Waals surface area contributed by atoms with Gasteiger partial charge in [-0.2, -0.15) is 5.26 Å². The van der Waals surface area contributed by atoms with Gasteiger partial charge in [0.15, 0.2) is 0 Å². The number of nitrogens with zero attached hydrogens (tertiary/aromatic N) is 1. The number of hydrogen-bond donors (Lipinski definition) is 2. The predicted molar refractivity (Wildman–Crippen MR) is 67.5 cm³/mol. The summed E-state index contributed by atoms with van der Waals surface area (Å²) in [5.74, 6) is -0.0613. The van der Waals surface area contributed by atoms with E-state index in [-0.39, 0.29) is 16.8 Å². The Hall–Kier alpha value is -1.91. The summed E-state index contributed by atoms with van der Waals surface area (Å²) in [4.78, 5) is 11.1. The molecule has 1 fully saturated rings. The number of amides is 1. The largest absolute Gasteiger partial charge is 0.355 e. The monoisotopic (exact) mass is 279 g/mol. The molecular weight excluding hydrogens is 266 g/mol. The van der Waals surface area contributed by atoms with E-state index in [1.54, 1.807) is 0 Å². The number of hydrogen-bond acceptors (Lipinski definition) is 4. The van der Waals surface area contributed by atoms with E-state index in [1.165, 1.54) is 24.3 Å². The van der Waals surface area contributed by atoms with Gasteiger partial charge in [-0.15, -0.1) is 0 Å². The van der Waals surface area contributed by atoms with Crippen LogP contribution in [-0.4, -0.2) is 26.9 Å². The first kappa shape index (κ1) is 13.5. The van der Waals surface area contributed by atoms with Gasteiger partial charge in [0.25, 0.3) is 0 Å². The lowest BCUT2D eigenvalue weighted by Crippen LogP contribution is -2.47. The van der Waals surface area contributed by atoms with Gasteiger partial charge in [-0.05, 0) is 30.7 Å². The van der Waals surface area contributed by atoms with E-state index in [0.717, 1.165) is 0 Å². The zero-order valence-corrected chi connectivity index (χ0v) is 10.9. The molecule has 0 radical (unpaired) electrons. The molecule has 2 N–H and O–H groups in total. The van der Waals surface area contributed by atoms with E-state index in [9.17, 15) is 13.2 Å². The lowest BCUT2D eigenvalue weighted by Gasteiger charge is -2.23. The van der Waals surface area contributed by atoms with Gasteiger partial charge in [0.2, 0.25) is 15.9 Å². The Kier molecular flexibility index (Phi) is 3.83. The predicted octanol–water partition coefficient (Wildman–Crippen LogP) is 0.115. The van der Waals surface area contributed by atoms with Crippen LogP contribution in [0.1, 0.15) is 18.4 Å². The van der Waals surface area contributed by atoms with Crippen LogP contribution in [0.3, 0.4) is 0 Å². The molecule has 0 bridgehead atoms. The summed E-state index contributed by atoms with van der Waals surface area (Å²) >= 11 is 0. The summed E-state index contributed by atoms with van der Waals surface area (Å²) in [5.41, 5.74) is 0.406. The molecule has 1 aromatic carbocycles. The number of rotatable bonds is 3. The zero-order valence-electron chi connectivity index (χ0n) is 10.1. The van der Waals surface area contributed by atoms with E-state index < -0.39 is 10.0 Å². The van der Waals surface area contributed by atoms with E-state index in [0.29, 0.717) is 24.9 Å². The van der Waals surface area contributed by atoms with Crippen molar-refractivity contribution in [2.24, 2.45) is 0 Å². The van der Waals surface area contributed by atoms with Gasteiger partial charge in [-0.1, -0.05) is 0 Å². The van der Waals surface area contributed by atoms with Crippen LogP contribution in [0.5, 0.6) is 0 Å². The first-order valence-corrected chi connectivity index (χ1v) is 7.29. The second kappa shape index (κ2) is 5.38. The van der Waals surface area contributed by atoms with Crippen LogP contribution in [0, 0.1) is 11.3 Å². The summed E-state index contributed by atoms with van der Waals surface area (Å²) in [6.45, 7) is 0.300. The maximum absolute atomic E-state index is 12.1. The molecule has 2 rings (SSSR count). The van der Waals surface area contributed by atoms with Crippen molar-refractivity contribution >= 4 is 15.9 Å². The highest BCUT2D eigenvalue weighted by molar-refractivity contribution is 7.89. The first-order valence-electron chi connectivity index (χ1n) is 5.80. The third-order valence-electron chi connectivity index (χ3n) is 2.88. The molecule has 0 saturated carbocycles. The minimum absolute atomic E-state index is 0.0613. The fraction of sp³-hybridized carbons (Fsp3) is 0.333. The van der Waals surface area contributed by atoms with E-state index in [4.69, 9.17) is 5.26 Å². The smallest absolute Gasteiger partial charge is 0.240 e. The first-order chi connectivity index (χ1) is 9.01. The summed E-state index contributed by atoms with van der Waals surface area (Å²) in [5, 5.41) is 11.3. The third kappa shape index (κ3) is 3.30. The summed E-state index contributed by atoms with van der Waals surface area (Å²) in [6, 6.07) is 7.33. The highest BCUT2D eigenvalue weighted by Crippen LogP contribution is 2.12. The van der Waals surface area contributed by atoms with Crippen LogP contribution in [0.4, 0.5) is 0 Å². The molecule has 0 aromatic heterocycles. The average Bonchev–Trinajstić information content (AvgIpc) is 2.41. The lowest BCUT2D eigenvalue weighted by molar-refractivity contribution is -0.122. The van der Waals surface area contributed by atoms with Gasteiger partial charge in [0.05, 0.1) is 16.5 Å². The maximum atomic E-state index is 12.1. The number of carbonyl (C=O) groups excluding carboxylic acids is 1. The van der Waals surface area contributed by atoms with E-state index >= 15 is 0 Å². The number of nitriles is 1. The highest BCUT2D eigenvalue weighted by Gasteiger charge is 2.23. The fourth-order valence-electron chi connectivity index (χ4n) is 1.83. The van der Waals surface area contributed by atoms with Gasteiger partial charge < -0.3 is 5.32 Å². The molecule has 1 saturated heterocycles. The Balaban J connectivity index is 2.09. The molecule has 1 aliphatic rings. The quantitative estimate of drug-likeness (QED) is 0.820. The van der Waals surface area contributed by atoms with Crippen molar-refractivity contribution in [1.29, 1.82) is 5.26 Å². The molecule has 100 valence electrons. The molecule has 1 unspecified atom stereocenters. The Bertz CT molecular complexity index is 607. The highest BCUT2D eigenvalue weighted by atomic mass is 32.2. The normalized spacial score (nSPS) is 19.5. The van der Waals surface area contributed by atoms with Gasteiger partial charge in [0, 0.05) is 19.0 Å². The van der Waals surface area contributed by atoms with Crippen LogP contribution < -0.4 is 10.0 Å². The standard InChI is InChI=1S/C12H13N3O3S/c13-7-9-1-4-11(5-2-9)19(17,18)15-10-3-6-12(16)14-8-10/h1-2,4-5,10,15H,3,6,8H2,(H,14,16). The molecule has 6 nitrogen and oxygen atoms in total. The van der Waals surface area contributed by atoms with Crippen LogP contribution >= 0.6 is 0 Å². The van der Waals surface area contributed by atoms with Gasteiger partial charge in [-0.3, -0.25) is 4.79 Å². The number of nitrogens with one attached hydrogen (secondary N) is 2. The summed E-state index contributed by atoms with van der Waals surface area (Å²) in [7, 11) is -3.61. The van der Waals surface area contributed by atoms with Crippen molar-refractivity contribution in [1.82, 2.24) is 10.0 Å². The van der Waals surface area contributed by atoms with Gasteiger partial charge in [-0.25, -0.2) is 13.1 Å². The van der Waals surface area contributed by atoms with Crippen molar-refractivity contribution in [2.75, 3.05) is 6.54 Å². The van der Waals surface area contributed by atoms with Crippen LogP contribution in [0.2, 0.25) is 0 Å². The zero-order chi connectivity index (χ0) is 13.9. The minimum atomic E-state index is -3.61. The van der Waals surface area contributed by atoms with E-state index in [2.05, 4.69) is 10.0 Å². The molecular formula is C12H13N3O3S. The number of carbonyl (C=O) groups is 1. The Morgan fingerprint density at radius 1 is 1.32 bits per heavy atom. The Morgan fingerprint density at radius 3 is 2.53 bits per heavy atom. The SMILES string of the molecule is N#Cc1ccc(S(=O)(=O)NC2CCC(=O)NC2)cc1. The van der Waals surface area contributed by atoms with Crippen molar-refractivity contribution < 1.29 is 13.2 Å². The molecule has 1 atom stereocenters. The van der Waals surface area contributed by atoms with Crippen LogP contribution in [-0.2, 0) is 14.8 Å². The van der Waals surface area contributed by atoms with Crippen LogP contribution in [0.15, 0.2) is 29.2 Å². The second-order valence-corrected chi connectivity index (χ2v) is 6.01. The molecule has 19 heavy (non-hydrogen) atoms. The second-order valence-electron chi connectivity index (χ2n) is 4.30. The minimum Gasteiger partial charge on any atom is -0.355 e. The van der Waals surface area contributed by atoms with Crippen LogP contribution in [0.25, 0.3) is 0 Å². The molecule has 1 heterocycles. The molecule has 1 amide bonds. The maximum Gasteiger partial charge on any atom is 0.240 e. The summed E-state index contributed by atoms with van der Waals surface area (Å²) < 4.78 is 26.7. The Morgan fingerprint density at radius 2 is 2.00 bits per heavy atom. The number of sulfonamides is 1. The third-order valence-corrected chi connectivity index (χ3v) is 4.42. The fourth-order valence-corrected chi connectivity index (χ4v) is 3.10. The van der Waals surface area contributed by atoms with Gasteiger partial charge >= 0.3 is 0 Å². The molecule has 0 aliphatic carbocycles.